The highest BCUT2D eigenvalue weighted by atomic mass is 16.5. The molecule has 0 aliphatic heterocycles. The molecule has 0 aliphatic rings. The van der Waals surface area contributed by atoms with E-state index in [-0.39, 0.29) is 19.2 Å². The summed E-state index contributed by atoms with van der Waals surface area (Å²) in [5.74, 6) is -0.341. The summed E-state index contributed by atoms with van der Waals surface area (Å²) in [5.41, 5.74) is 0. The Hall–Kier alpha value is -0.910. The van der Waals surface area contributed by atoms with Gasteiger partial charge in [-0.25, -0.2) is 4.79 Å². The summed E-state index contributed by atoms with van der Waals surface area (Å²) in [5, 5.41) is 15.2. The number of rotatable bonds is 6. The standard InChI is InChI=1S/C6H10O2.C4H10O.C2H6O2/c1-3-5-8-6(7)4-2;1-3-5-4-2;3-1-2-4/h4H,2-3,5H2,1H3;3-4H2,1-2H3;3-4H,1-2H2. The summed E-state index contributed by atoms with van der Waals surface area (Å²) in [6, 6.07) is 0. The van der Waals surface area contributed by atoms with Crippen molar-refractivity contribution in [3.63, 3.8) is 0 Å². The van der Waals surface area contributed by atoms with Crippen molar-refractivity contribution in [3.8, 4) is 0 Å². The maximum absolute atomic E-state index is 10.2. The van der Waals surface area contributed by atoms with E-state index in [9.17, 15) is 4.79 Å². The Balaban J connectivity index is -0.000000188. The maximum Gasteiger partial charge on any atom is 0.330 e. The SMILES string of the molecule is C=CC(=O)OCCC.CCOCC.OCCO. The van der Waals surface area contributed by atoms with Crippen LogP contribution in [0.25, 0.3) is 0 Å². The zero-order valence-corrected chi connectivity index (χ0v) is 11.1. The molecule has 0 unspecified atom stereocenters. The first-order chi connectivity index (χ1) is 8.14. The van der Waals surface area contributed by atoms with Gasteiger partial charge in [-0.05, 0) is 20.3 Å². The summed E-state index contributed by atoms with van der Waals surface area (Å²) in [6.07, 6.45) is 2.02. The summed E-state index contributed by atoms with van der Waals surface area (Å²) >= 11 is 0. The molecule has 0 aromatic heterocycles. The summed E-state index contributed by atoms with van der Waals surface area (Å²) in [4.78, 5) is 10.2. The number of aliphatic hydroxyl groups excluding tert-OH is 2. The second kappa shape index (κ2) is 24.4. The lowest BCUT2D eigenvalue weighted by molar-refractivity contribution is -0.137. The van der Waals surface area contributed by atoms with E-state index in [2.05, 4.69) is 11.3 Å². The average Bonchev–Trinajstić information content (AvgIpc) is 2.37. The van der Waals surface area contributed by atoms with E-state index in [1.54, 1.807) is 0 Å². The van der Waals surface area contributed by atoms with E-state index in [4.69, 9.17) is 14.9 Å². The largest absolute Gasteiger partial charge is 0.463 e. The zero-order valence-electron chi connectivity index (χ0n) is 11.1. The second-order valence-electron chi connectivity index (χ2n) is 2.60. The first-order valence-electron chi connectivity index (χ1n) is 5.72. The van der Waals surface area contributed by atoms with Crippen LogP contribution in [0.3, 0.4) is 0 Å². The number of hydrogen-bond donors (Lipinski definition) is 2. The summed E-state index contributed by atoms with van der Waals surface area (Å²) < 4.78 is 9.42. The molecule has 0 spiro atoms. The first-order valence-corrected chi connectivity index (χ1v) is 5.72. The van der Waals surface area contributed by atoms with Gasteiger partial charge >= 0.3 is 5.97 Å². The third-order valence-electron chi connectivity index (χ3n) is 1.12. The van der Waals surface area contributed by atoms with Gasteiger partial charge in [0.2, 0.25) is 0 Å². The van der Waals surface area contributed by atoms with Crippen molar-refractivity contribution in [3.05, 3.63) is 12.7 Å². The predicted molar refractivity (Wildman–Crippen MR) is 67.8 cm³/mol. The quantitative estimate of drug-likeness (QED) is 0.546. The molecule has 0 aromatic rings. The van der Waals surface area contributed by atoms with Crippen molar-refractivity contribution in [2.24, 2.45) is 0 Å². The molecule has 0 aromatic carbocycles. The maximum atomic E-state index is 10.2. The fraction of sp³-hybridized carbons (Fsp3) is 0.750. The lowest BCUT2D eigenvalue weighted by atomic mass is 10.5. The number of aliphatic hydroxyl groups is 2. The van der Waals surface area contributed by atoms with Crippen molar-refractivity contribution in [1.82, 2.24) is 0 Å². The van der Waals surface area contributed by atoms with Gasteiger partial charge in [0.25, 0.3) is 0 Å². The Labute approximate surface area is 104 Å². The minimum atomic E-state index is -0.341. The fourth-order valence-electron chi connectivity index (χ4n) is 0.466. The normalized spacial score (nSPS) is 8.06. The Morgan fingerprint density at radius 2 is 1.65 bits per heavy atom. The van der Waals surface area contributed by atoms with Crippen LogP contribution in [0.1, 0.15) is 27.2 Å². The summed E-state index contributed by atoms with van der Waals surface area (Å²) in [7, 11) is 0. The molecule has 0 saturated carbocycles. The number of carbonyl (C=O) groups excluding carboxylic acids is 1. The molecule has 0 aliphatic carbocycles. The molecule has 0 radical (unpaired) electrons. The Morgan fingerprint density at radius 1 is 1.18 bits per heavy atom. The molecule has 0 rings (SSSR count). The molecule has 0 saturated heterocycles. The van der Waals surface area contributed by atoms with Gasteiger partial charge < -0.3 is 19.7 Å². The van der Waals surface area contributed by atoms with E-state index in [0.29, 0.717) is 6.61 Å². The molecule has 0 bridgehead atoms. The van der Waals surface area contributed by atoms with E-state index in [1.807, 2.05) is 20.8 Å². The smallest absolute Gasteiger partial charge is 0.330 e. The van der Waals surface area contributed by atoms with Gasteiger partial charge in [-0.15, -0.1) is 0 Å². The van der Waals surface area contributed by atoms with Gasteiger partial charge in [0.15, 0.2) is 0 Å². The number of esters is 1. The van der Waals surface area contributed by atoms with Gasteiger partial charge in [0.1, 0.15) is 0 Å². The molecule has 0 fully saturated rings. The molecule has 17 heavy (non-hydrogen) atoms. The molecule has 104 valence electrons. The van der Waals surface area contributed by atoms with Crippen LogP contribution in [0.2, 0.25) is 0 Å². The Morgan fingerprint density at radius 3 is 1.82 bits per heavy atom. The molecule has 5 heteroatoms. The monoisotopic (exact) mass is 250 g/mol. The second-order valence-corrected chi connectivity index (χ2v) is 2.60. The first kappa shape index (κ1) is 21.4. The van der Waals surface area contributed by atoms with E-state index in [0.717, 1.165) is 25.7 Å². The lowest BCUT2D eigenvalue weighted by Gasteiger charge is -1.94. The van der Waals surface area contributed by atoms with Crippen LogP contribution < -0.4 is 0 Å². The molecule has 0 amide bonds. The van der Waals surface area contributed by atoms with Crippen molar-refractivity contribution in [1.29, 1.82) is 0 Å². The van der Waals surface area contributed by atoms with Gasteiger partial charge in [0.05, 0.1) is 19.8 Å². The highest BCUT2D eigenvalue weighted by molar-refractivity contribution is 5.81. The zero-order chi connectivity index (χ0) is 13.9. The highest BCUT2D eigenvalue weighted by Crippen LogP contribution is 1.81. The molecule has 2 N–H and O–H groups in total. The van der Waals surface area contributed by atoms with E-state index < -0.39 is 0 Å². The van der Waals surface area contributed by atoms with Crippen LogP contribution in [0.4, 0.5) is 0 Å². The topological polar surface area (TPSA) is 76.0 Å². The average molecular weight is 250 g/mol. The van der Waals surface area contributed by atoms with Crippen LogP contribution in [0, 0.1) is 0 Å². The van der Waals surface area contributed by atoms with Crippen LogP contribution in [0.15, 0.2) is 12.7 Å². The third-order valence-corrected chi connectivity index (χ3v) is 1.12. The molecule has 5 nitrogen and oxygen atoms in total. The predicted octanol–water partition coefficient (Wildman–Crippen LogP) is 1.14. The third kappa shape index (κ3) is 39.5. The Kier molecular flexibility index (Phi) is 30.6. The molecular weight excluding hydrogens is 224 g/mol. The van der Waals surface area contributed by atoms with Crippen LogP contribution >= 0.6 is 0 Å². The highest BCUT2D eigenvalue weighted by Gasteiger charge is 1.89. The number of carbonyl (C=O) groups is 1. The van der Waals surface area contributed by atoms with Crippen molar-refractivity contribution in [2.45, 2.75) is 27.2 Å². The lowest BCUT2D eigenvalue weighted by Crippen LogP contribution is -1.99. The molecular formula is C12H26O5. The van der Waals surface area contributed by atoms with Crippen LogP contribution in [-0.2, 0) is 14.3 Å². The van der Waals surface area contributed by atoms with E-state index in [1.165, 1.54) is 0 Å². The molecule has 0 atom stereocenters. The van der Waals surface area contributed by atoms with Crippen LogP contribution in [-0.4, -0.2) is 49.2 Å². The Bertz CT molecular complexity index is 144. The summed E-state index contributed by atoms with van der Waals surface area (Å²) in [6.45, 7) is 11.1. The minimum absolute atomic E-state index is 0.125. The van der Waals surface area contributed by atoms with Crippen molar-refractivity contribution >= 4 is 5.97 Å². The van der Waals surface area contributed by atoms with Crippen molar-refractivity contribution in [2.75, 3.05) is 33.0 Å². The van der Waals surface area contributed by atoms with Gasteiger partial charge in [0, 0.05) is 19.3 Å². The van der Waals surface area contributed by atoms with Crippen LogP contribution in [0.5, 0.6) is 0 Å². The van der Waals surface area contributed by atoms with E-state index >= 15 is 0 Å². The molecule has 0 heterocycles. The number of ether oxygens (including phenoxy) is 2. The fourth-order valence-corrected chi connectivity index (χ4v) is 0.466. The van der Waals surface area contributed by atoms with Gasteiger partial charge in [-0.2, -0.15) is 0 Å². The minimum Gasteiger partial charge on any atom is -0.463 e. The van der Waals surface area contributed by atoms with Gasteiger partial charge in [-0.3, -0.25) is 0 Å². The number of hydrogen-bond acceptors (Lipinski definition) is 5. The van der Waals surface area contributed by atoms with Gasteiger partial charge in [-0.1, -0.05) is 13.5 Å². The van der Waals surface area contributed by atoms with Crippen molar-refractivity contribution < 1.29 is 24.5 Å².